The van der Waals surface area contributed by atoms with E-state index in [9.17, 15) is 8.42 Å². The smallest absolute Gasteiger partial charge is 0.243 e. The first-order valence-electron chi connectivity index (χ1n) is 7.80. The highest BCUT2D eigenvalue weighted by atomic mass is 32.2. The first-order chi connectivity index (χ1) is 10.6. The number of hydrogen-bond acceptors (Lipinski definition) is 5. The lowest BCUT2D eigenvalue weighted by Gasteiger charge is -2.24. The van der Waals surface area contributed by atoms with E-state index in [1.165, 1.54) is 0 Å². The standard InChI is InChI=1S/C15H26N4O2S/c1-14-4-2-3-5-15(14)22(20,21)19-12-10-17-8-6-16-7-9-18-11-13-19/h2-5,16-18H,6-13H2,1H3. The summed E-state index contributed by atoms with van der Waals surface area (Å²) in [6.45, 7) is 7.61. The molecular formula is C15H26N4O2S. The normalized spacial score (nSPS) is 20.0. The fourth-order valence-corrected chi connectivity index (χ4v) is 4.14. The van der Waals surface area contributed by atoms with Gasteiger partial charge in [0, 0.05) is 52.4 Å². The van der Waals surface area contributed by atoms with Gasteiger partial charge in [-0.15, -0.1) is 0 Å². The zero-order valence-corrected chi connectivity index (χ0v) is 14.0. The minimum atomic E-state index is -3.44. The summed E-state index contributed by atoms with van der Waals surface area (Å²) < 4.78 is 27.3. The quantitative estimate of drug-likeness (QED) is 0.700. The molecule has 1 aliphatic heterocycles. The van der Waals surface area contributed by atoms with Gasteiger partial charge < -0.3 is 16.0 Å². The number of rotatable bonds is 2. The van der Waals surface area contributed by atoms with E-state index >= 15 is 0 Å². The van der Waals surface area contributed by atoms with Crippen LogP contribution < -0.4 is 16.0 Å². The Morgan fingerprint density at radius 2 is 1.36 bits per heavy atom. The van der Waals surface area contributed by atoms with Crippen molar-refractivity contribution in [1.29, 1.82) is 0 Å². The Hall–Kier alpha value is -0.990. The molecular weight excluding hydrogens is 300 g/mol. The number of sulfonamides is 1. The summed E-state index contributed by atoms with van der Waals surface area (Å²) in [4.78, 5) is 0.406. The van der Waals surface area contributed by atoms with E-state index in [2.05, 4.69) is 16.0 Å². The molecule has 1 heterocycles. The fourth-order valence-electron chi connectivity index (χ4n) is 2.47. The highest BCUT2D eigenvalue weighted by Crippen LogP contribution is 2.18. The van der Waals surface area contributed by atoms with Crippen LogP contribution in [-0.4, -0.2) is 65.1 Å². The second-order valence-electron chi connectivity index (χ2n) is 5.42. The molecule has 7 heteroatoms. The molecule has 3 N–H and O–H groups in total. The highest BCUT2D eigenvalue weighted by molar-refractivity contribution is 7.89. The Balaban J connectivity index is 2.12. The molecule has 2 rings (SSSR count). The number of nitrogens with one attached hydrogen (secondary N) is 3. The molecule has 1 aromatic rings. The number of aryl methyl sites for hydroxylation is 1. The van der Waals surface area contributed by atoms with Crippen molar-refractivity contribution in [3.63, 3.8) is 0 Å². The first-order valence-corrected chi connectivity index (χ1v) is 9.24. The van der Waals surface area contributed by atoms with E-state index in [4.69, 9.17) is 0 Å². The summed E-state index contributed by atoms with van der Waals surface area (Å²) in [5.74, 6) is 0. The van der Waals surface area contributed by atoms with Gasteiger partial charge in [0.1, 0.15) is 0 Å². The molecule has 0 saturated carbocycles. The highest BCUT2D eigenvalue weighted by Gasteiger charge is 2.25. The van der Waals surface area contributed by atoms with Crippen LogP contribution in [0.2, 0.25) is 0 Å². The molecule has 0 amide bonds. The molecule has 0 bridgehead atoms. The molecule has 0 spiro atoms. The predicted molar refractivity (Wildman–Crippen MR) is 88.5 cm³/mol. The van der Waals surface area contributed by atoms with E-state index in [-0.39, 0.29) is 0 Å². The molecule has 0 aliphatic carbocycles. The second-order valence-corrected chi connectivity index (χ2v) is 7.33. The van der Waals surface area contributed by atoms with Crippen molar-refractivity contribution in [3.05, 3.63) is 29.8 Å². The van der Waals surface area contributed by atoms with Gasteiger partial charge in [-0.3, -0.25) is 0 Å². The molecule has 1 fully saturated rings. The van der Waals surface area contributed by atoms with Crippen LogP contribution in [-0.2, 0) is 10.0 Å². The van der Waals surface area contributed by atoms with E-state index in [1.807, 2.05) is 19.1 Å². The topological polar surface area (TPSA) is 73.5 Å². The monoisotopic (exact) mass is 326 g/mol. The molecule has 124 valence electrons. The molecule has 0 aromatic heterocycles. The van der Waals surface area contributed by atoms with Gasteiger partial charge in [0.2, 0.25) is 10.0 Å². The third-order valence-electron chi connectivity index (χ3n) is 3.74. The third kappa shape index (κ3) is 4.76. The van der Waals surface area contributed by atoms with Crippen LogP contribution in [0.1, 0.15) is 5.56 Å². The summed E-state index contributed by atoms with van der Waals surface area (Å²) in [7, 11) is -3.44. The van der Waals surface area contributed by atoms with Gasteiger partial charge in [-0.05, 0) is 18.6 Å². The Bertz CT molecular complexity index is 550. The predicted octanol–water partition coefficient (Wildman–Crippen LogP) is -0.232. The van der Waals surface area contributed by atoms with Crippen molar-refractivity contribution in [3.8, 4) is 0 Å². The lowest BCUT2D eigenvalue weighted by molar-refractivity contribution is 0.393. The molecule has 0 radical (unpaired) electrons. The van der Waals surface area contributed by atoms with E-state index < -0.39 is 10.0 Å². The average Bonchev–Trinajstić information content (AvgIpc) is 2.48. The molecule has 0 atom stereocenters. The van der Waals surface area contributed by atoms with Crippen LogP contribution in [0.4, 0.5) is 0 Å². The molecule has 1 saturated heterocycles. The molecule has 22 heavy (non-hydrogen) atoms. The zero-order chi connectivity index (χ0) is 15.8. The van der Waals surface area contributed by atoms with Gasteiger partial charge in [-0.25, -0.2) is 8.42 Å². The minimum absolute atomic E-state index is 0.406. The lowest BCUT2D eigenvalue weighted by atomic mass is 10.2. The van der Waals surface area contributed by atoms with Gasteiger partial charge in [-0.2, -0.15) is 4.31 Å². The van der Waals surface area contributed by atoms with Crippen molar-refractivity contribution in [1.82, 2.24) is 20.3 Å². The van der Waals surface area contributed by atoms with Crippen molar-refractivity contribution < 1.29 is 8.42 Å². The minimum Gasteiger partial charge on any atom is -0.314 e. The van der Waals surface area contributed by atoms with E-state index in [0.29, 0.717) is 31.1 Å². The average molecular weight is 326 g/mol. The van der Waals surface area contributed by atoms with Crippen molar-refractivity contribution >= 4 is 10.0 Å². The van der Waals surface area contributed by atoms with Gasteiger partial charge in [0.05, 0.1) is 4.90 Å². The summed E-state index contributed by atoms with van der Waals surface area (Å²) in [5, 5.41) is 9.89. The zero-order valence-electron chi connectivity index (χ0n) is 13.1. The largest absolute Gasteiger partial charge is 0.314 e. The number of benzene rings is 1. The maximum atomic E-state index is 12.9. The number of hydrogen-bond donors (Lipinski definition) is 3. The number of nitrogens with zero attached hydrogens (tertiary/aromatic N) is 1. The lowest BCUT2D eigenvalue weighted by Crippen LogP contribution is -2.44. The third-order valence-corrected chi connectivity index (χ3v) is 5.80. The van der Waals surface area contributed by atoms with Crippen LogP contribution in [0.15, 0.2) is 29.2 Å². The Morgan fingerprint density at radius 3 is 1.91 bits per heavy atom. The van der Waals surface area contributed by atoms with Crippen LogP contribution >= 0.6 is 0 Å². The SMILES string of the molecule is Cc1ccccc1S(=O)(=O)N1CCNCCNCCNCC1. The fraction of sp³-hybridized carbons (Fsp3) is 0.600. The van der Waals surface area contributed by atoms with Crippen LogP contribution in [0, 0.1) is 6.92 Å². The summed E-state index contributed by atoms with van der Waals surface area (Å²) in [6.07, 6.45) is 0. The van der Waals surface area contributed by atoms with Gasteiger partial charge in [0.25, 0.3) is 0 Å². The second kappa shape index (κ2) is 8.59. The Morgan fingerprint density at radius 1 is 0.864 bits per heavy atom. The van der Waals surface area contributed by atoms with Gasteiger partial charge >= 0.3 is 0 Å². The van der Waals surface area contributed by atoms with Crippen molar-refractivity contribution in [2.45, 2.75) is 11.8 Å². The maximum absolute atomic E-state index is 12.9. The molecule has 6 nitrogen and oxygen atoms in total. The van der Waals surface area contributed by atoms with E-state index in [1.54, 1.807) is 16.4 Å². The van der Waals surface area contributed by atoms with Crippen LogP contribution in [0.3, 0.4) is 0 Å². The van der Waals surface area contributed by atoms with Crippen LogP contribution in [0.25, 0.3) is 0 Å². The first kappa shape index (κ1) is 17.4. The molecule has 1 aromatic carbocycles. The molecule has 0 unspecified atom stereocenters. The summed E-state index contributed by atoms with van der Waals surface area (Å²) >= 11 is 0. The van der Waals surface area contributed by atoms with Crippen molar-refractivity contribution in [2.24, 2.45) is 0 Å². The van der Waals surface area contributed by atoms with Crippen LogP contribution in [0.5, 0.6) is 0 Å². The maximum Gasteiger partial charge on any atom is 0.243 e. The Labute approximate surface area is 133 Å². The molecule has 1 aliphatic rings. The summed E-state index contributed by atoms with van der Waals surface area (Å²) in [5.41, 5.74) is 0.790. The van der Waals surface area contributed by atoms with E-state index in [0.717, 1.165) is 31.7 Å². The van der Waals surface area contributed by atoms with Gasteiger partial charge in [-0.1, -0.05) is 18.2 Å². The Kier molecular flexibility index (Phi) is 6.78. The summed E-state index contributed by atoms with van der Waals surface area (Å²) in [6, 6.07) is 7.16. The van der Waals surface area contributed by atoms with Crippen molar-refractivity contribution in [2.75, 3.05) is 52.4 Å². The van der Waals surface area contributed by atoms with Gasteiger partial charge in [0.15, 0.2) is 0 Å².